The number of anilines is 1. The molecule has 1 aliphatic carbocycles. The first-order chi connectivity index (χ1) is 15.2. The maximum Gasteiger partial charge on any atom is 0.137 e. The van der Waals surface area contributed by atoms with Gasteiger partial charge in [0.05, 0.1) is 17.0 Å². The first-order valence-corrected chi connectivity index (χ1v) is 12.6. The van der Waals surface area contributed by atoms with Crippen LogP contribution >= 0.6 is 11.8 Å². The van der Waals surface area contributed by atoms with Crippen molar-refractivity contribution < 1.29 is 4.74 Å². The van der Waals surface area contributed by atoms with Crippen LogP contribution in [0, 0.1) is 5.92 Å². The summed E-state index contributed by atoms with van der Waals surface area (Å²) in [5, 5.41) is 4.75. The monoisotopic (exact) mass is 457 g/mol. The summed E-state index contributed by atoms with van der Waals surface area (Å²) in [5.41, 5.74) is 3.85. The van der Waals surface area contributed by atoms with Crippen LogP contribution < -0.4 is 10.1 Å². The Hall–Kier alpha value is -2.01. The van der Waals surface area contributed by atoms with Crippen molar-refractivity contribution in [1.29, 1.82) is 0 Å². The van der Waals surface area contributed by atoms with Crippen molar-refractivity contribution in [3.8, 4) is 5.75 Å². The number of aromatic nitrogens is 2. The summed E-state index contributed by atoms with van der Waals surface area (Å²) in [6.07, 6.45) is 3.75. The van der Waals surface area contributed by atoms with Crippen LogP contribution in [-0.4, -0.2) is 27.4 Å². The zero-order chi connectivity index (χ0) is 24.5. The third-order valence-corrected chi connectivity index (χ3v) is 6.51. The fraction of sp³-hybridized carbons (Fsp3) is 0.556. The van der Waals surface area contributed by atoms with E-state index in [-0.39, 0.29) is 4.75 Å². The van der Waals surface area contributed by atoms with Crippen molar-refractivity contribution in [3.05, 3.63) is 42.8 Å². The Bertz CT molecular complexity index is 902. The summed E-state index contributed by atoms with van der Waals surface area (Å²) in [6, 6.07) is 4.60. The molecule has 0 fully saturated rings. The predicted molar refractivity (Wildman–Crippen MR) is 143 cm³/mol. The molecule has 2 unspecified atom stereocenters. The van der Waals surface area contributed by atoms with Crippen molar-refractivity contribution in [2.45, 2.75) is 90.8 Å². The lowest BCUT2D eigenvalue weighted by molar-refractivity contribution is 0.310. The Morgan fingerprint density at radius 2 is 1.78 bits per heavy atom. The summed E-state index contributed by atoms with van der Waals surface area (Å²) < 4.78 is 6.15. The Morgan fingerprint density at radius 3 is 2.31 bits per heavy atom. The highest BCUT2D eigenvalue weighted by atomic mass is 32.2. The van der Waals surface area contributed by atoms with Gasteiger partial charge in [0.15, 0.2) is 0 Å². The summed E-state index contributed by atoms with van der Waals surface area (Å²) in [6.45, 7) is 26.3. The zero-order valence-corrected chi connectivity index (χ0v) is 22.4. The topological polar surface area (TPSA) is 47.0 Å². The van der Waals surface area contributed by atoms with Gasteiger partial charge in [-0.2, -0.15) is 0 Å². The van der Waals surface area contributed by atoms with E-state index in [0.29, 0.717) is 18.6 Å². The molecule has 0 aliphatic heterocycles. The van der Waals surface area contributed by atoms with Crippen molar-refractivity contribution >= 4 is 28.5 Å². The Labute approximate surface area is 200 Å². The molecule has 1 aliphatic rings. The van der Waals surface area contributed by atoms with Gasteiger partial charge >= 0.3 is 0 Å². The van der Waals surface area contributed by atoms with Gasteiger partial charge in [0, 0.05) is 22.2 Å². The van der Waals surface area contributed by atoms with E-state index < -0.39 is 0 Å². The fourth-order valence-corrected chi connectivity index (χ4v) is 4.67. The number of rotatable bonds is 6. The second-order valence-corrected chi connectivity index (χ2v) is 10.7. The minimum atomic E-state index is 0.0958. The van der Waals surface area contributed by atoms with E-state index in [0.717, 1.165) is 40.2 Å². The molecule has 178 valence electrons. The van der Waals surface area contributed by atoms with Gasteiger partial charge in [-0.3, -0.25) is 0 Å². The average molecular weight is 458 g/mol. The second kappa shape index (κ2) is 12.9. The van der Waals surface area contributed by atoms with Gasteiger partial charge < -0.3 is 10.1 Å². The molecule has 32 heavy (non-hydrogen) atoms. The number of nitrogens with zero attached hydrogens (tertiary/aromatic N) is 2. The molecule has 4 nitrogen and oxygen atoms in total. The zero-order valence-electron chi connectivity index (χ0n) is 21.6. The maximum absolute atomic E-state index is 6.05. The lowest BCUT2D eigenvalue weighted by Gasteiger charge is -2.22. The van der Waals surface area contributed by atoms with E-state index in [1.54, 1.807) is 6.33 Å². The smallest absolute Gasteiger partial charge is 0.137 e. The third-order valence-electron chi connectivity index (χ3n) is 5.36. The van der Waals surface area contributed by atoms with E-state index >= 15 is 0 Å². The van der Waals surface area contributed by atoms with Crippen molar-refractivity contribution in [1.82, 2.24) is 9.97 Å². The number of nitrogens with one attached hydrogen (secondary N) is 1. The van der Waals surface area contributed by atoms with Crippen LogP contribution in [0.2, 0.25) is 0 Å². The molecule has 0 spiro atoms. The van der Waals surface area contributed by atoms with Gasteiger partial charge in [0.2, 0.25) is 0 Å². The number of benzene rings is 1. The van der Waals surface area contributed by atoms with E-state index in [4.69, 9.17) is 4.74 Å². The number of fused-ring (bicyclic) bond motifs is 1. The molecule has 0 saturated carbocycles. The first-order valence-electron chi connectivity index (χ1n) is 11.7. The lowest BCUT2D eigenvalue weighted by Crippen LogP contribution is -2.19. The van der Waals surface area contributed by atoms with Crippen LogP contribution in [0.4, 0.5) is 5.82 Å². The molecule has 0 bridgehead atoms. The van der Waals surface area contributed by atoms with E-state index in [9.17, 15) is 0 Å². The lowest BCUT2D eigenvalue weighted by atomic mass is 10.1. The van der Waals surface area contributed by atoms with Gasteiger partial charge in [-0.25, -0.2) is 9.97 Å². The number of ether oxygens (including phenoxy) is 1. The van der Waals surface area contributed by atoms with Gasteiger partial charge in [-0.05, 0) is 38.7 Å². The van der Waals surface area contributed by atoms with Crippen LogP contribution in [0.3, 0.4) is 0 Å². The Kier molecular flexibility index (Phi) is 11.3. The van der Waals surface area contributed by atoms with E-state index in [1.807, 2.05) is 25.6 Å². The molecule has 3 rings (SSSR count). The van der Waals surface area contributed by atoms with Crippen LogP contribution in [0.5, 0.6) is 5.75 Å². The number of hydrogen-bond acceptors (Lipinski definition) is 5. The Balaban J connectivity index is 0.00000121. The summed E-state index contributed by atoms with van der Waals surface area (Å²) in [5.74, 6) is 2.45. The van der Waals surface area contributed by atoms with Crippen LogP contribution in [0.1, 0.15) is 75.2 Å². The highest BCUT2D eigenvalue weighted by Gasteiger charge is 2.26. The summed E-state index contributed by atoms with van der Waals surface area (Å²) in [4.78, 5) is 10.3. The molecule has 1 aromatic carbocycles. The van der Waals surface area contributed by atoms with E-state index in [1.165, 1.54) is 11.1 Å². The highest BCUT2D eigenvalue weighted by molar-refractivity contribution is 8.00. The molecule has 2 atom stereocenters. The van der Waals surface area contributed by atoms with Crippen LogP contribution in [-0.2, 0) is 0 Å². The normalized spacial score (nSPS) is 17.9. The van der Waals surface area contributed by atoms with Crippen LogP contribution in [0.25, 0.3) is 10.9 Å². The average Bonchev–Trinajstić information content (AvgIpc) is 3.01. The molecule has 1 heterocycles. The second-order valence-electron chi connectivity index (χ2n) is 8.80. The molecular formula is C27H43N3OS. The molecule has 1 N–H and O–H groups in total. The minimum Gasteiger partial charge on any atom is -0.492 e. The van der Waals surface area contributed by atoms with Gasteiger partial charge in [-0.15, -0.1) is 24.9 Å². The number of thioether (sulfide) groups is 1. The van der Waals surface area contributed by atoms with Gasteiger partial charge in [0.25, 0.3) is 0 Å². The Morgan fingerprint density at radius 1 is 1.12 bits per heavy atom. The first kappa shape index (κ1) is 28.0. The van der Waals surface area contributed by atoms with Gasteiger partial charge in [0.1, 0.15) is 17.9 Å². The third kappa shape index (κ3) is 7.26. The van der Waals surface area contributed by atoms with E-state index in [2.05, 4.69) is 89.0 Å². The molecule has 0 amide bonds. The fourth-order valence-electron chi connectivity index (χ4n) is 3.62. The van der Waals surface area contributed by atoms with Crippen molar-refractivity contribution in [3.63, 3.8) is 0 Å². The summed E-state index contributed by atoms with van der Waals surface area (Å²) in [7, 11) is 0. The summed E-state index contributed by atoms with van der Waals surface area (Å²) >= 11 is 1.83. The molecule has 1 aromatic heterocycles. The number of allylic oxidation sites excluding steroid dienone is 1. The highest BCUT2D eigenvalue weighted by Crippen LogP contribution is 2.41. The molecule has 0 saturated heterocycles. The van der Waals surface area contributed by atoms with Crippen molar-refractivity contribution in [2.24, 2.45) is 5.92 Å². The van der Waals surface area contributed by atoms with Gasteiger partial charge in [-0.1, -0.05) is 59.6 Å². The predicted octanol–water partition coefficient (Wildman–Crippen LogP) is 8.29. The minimum absolute atomic E-state index is 0.0958. The molecule has 5 heteroatoms. The van der Waals surface area contributed by atoms with Crippen LogP contribution in [0.15, 0.2) is 47.7 Å². The SMILES string of the molecule is C=C.CC.CCCOc1cc2ncnc(NC3CC(C)C(C)=C3C)c2cc1SC(C)(C)C. The largest absolute Gasteiger partial charge is 0.492 e. The standard InChI is InChI=1S/C23H33N3OS.C2H6.C2H4/c1-8-9-27-20-12-19-17(11-21(20)28-23(5,6)7)22(25-13-24-19)26-18-10-14(2)15(3)16(18)4;2*1-2/h11-14,18H,8-10H2,1-7H3,(H,24,25,26);1-2H3;1-2H2. The molecule has 0 radical (unpaired) electrons. The maximum atomic E-state index is 6.05. The molecular weight excluding hydrogens is 414 g/mol. The number of hydrogen-bond donors (Lipinski definition) is 1. The molecule has 2 aromatic rings. The quantitative estimate of drug-likeness (QED) is 0.349. The van der Waals surface area contributed by atoms with Crippen molar-refractivity contribution in [2.75, 3.05) is 11.9 Å².